The van der Waals surface area contributed by atoms with E-state index >= 15 is 0 Å². The van der Waals surface area contributed by atoms with E-state index < -0.39 is 0 Å². The number of anilines is 3. The molecule has 2 aromatic carbocycles. The average Bonchev–Trinajstić information content (AvgIpc) is 3.02. The first kappa shape index (κ1) is 19.2. The topological polar surface area (TPSA) is 70.4 Å². The normalized spacial score (nSPS) is 17.7. The van der Waals surface area contributed by atoms with Crippen LogP contribution in [-0.4, -0.2) is 36.5 Å². The standard InChI is InChI=1S/C22H30N4O/c1-22(2,3)15-26-13-12-18(14-26)24-17-10-8-16(9-11-17)21(27)25-20-7-5-4-6-19(20)23/h4-11,18,24H,12-15,23H2,1-3H3,(H,25,27)/t18-/m1/s1. The Morgan fingerprint density at radius 1 is 1.15 bits per heavy atom. The quantitative estimate of drug-likeness (QED) is 0.698. The Hall–Kier alpha value is -2.53. The van der Waals surface area contributed by atoms with Gasteiger partial charge in [0.05, 0.1) is 11.4 Å². The van der Waals surface area contributed by atoms with Crippen LogP contribution in [0.25, 0.3) is 0 Å². The Balaban J connectivity index is 1.55. The van der Waals surface area contributed by atoms with Crippen molar-refractivity contribution in [2.75, 3.05) is 36.0 Å². The van der Waals surface area contributed by atoms with Crippen LogP contribution in [0.1, 0.15) is 37.6 Å². The van der Waals surface area contributed by atoms with Crippen LogP contribution in [0.5, 0.6) is 0 Å². The van der Waals surface area contributed by atoms with E-state index in [0.29, 0.717) is 28.4 Å². The number of rotatable bonds is 5. The Morgan fingerprint density at radius 2 is 1.85 bits per heavy atom. The van der Waals surface area contributed by atoms with Gasteiger partial charge in [0, 0.05) is 36.9 Å². The molecule has 1 saturated heterocycles. The first-order valence-electron chi connectivity index (χ1n) is 9.55. The Morgan fingerprint density at radius 3 is 2.52 bits per heavy atom. The number of nitrogen functional groups attached to an aromatic ring is 1. The number of nitrogens with one attached hydrogen (secondary N) is 2. The molecule has 0 radical (unpaired) electrons. The summed E-state index contributed by atoms with van der Waals surface area (Å²) in [7, 11) is 0. The number of likely N-dealkylation sites (tertiary alicyclic amines) is 1. The van der Waals surface area contributed by atoms with Crippen LogP contribution < -0.4 is 16.4 Å². The highest BCUT2D eigenvalue weighted by Crippen LogP contribution is 2.22. The molecule has 1 atom stereocenters. The number of nitrogens with two attached hydrogens (primary N) is 1. The average molecular weight is 367 g/mol. The van der Waals surface area contributed by atoms with Crippen molar-refractivity contribution in [3.8, 4) is 0 Å². The third-order valence-electron chi connectivity index (χ3n) is 4.70. The SMILES string of the molecule is CC(C)(C)CN1CC[C@@H](Nc2ccc(C(=O)Nc3ccccc3N)cc2)C1. The highest BCUT2D eigenvalue weighted by molar-refractivity contribution is 6.05. The lowest BCUT2D eigenvalue weighted by atomic mass is 9.96. The van der Waals surface area contributed by atoms with Gasteiger partial charge in [-0.2, -0.15) is 0 Å². The van der Waals surface area contributed by atoms with Crippen molar-refractivity contribution < 1.29 is 4.79 Å². The van der Waals surface area contributed by atoms with E-state index in [2.05, 4.69) is 36.3 Å². The van der Waals surface area contributed by atoms with Crippen LogP contribution in [0.4, 0.5) is 17.1 Å². The molecule has 0 bridgehead atoms. The molecule has 0 unspecified atom stereocenters. The summed E-state index contributed by atoms with van der Waals surface area (Å²) in [5.41, 5.74) is 9.07. The number of carbonyl (C=O) groups excluding carboxylic acids is 1. The third kappa shape index (κ3) is 5.47. The maximum Gasteiger partial charge on any atom is 0.255 e. The molecule has 5 heteroatoms. The van der Waals surface area contributed by atoms with Crippen LogP contribution in [0, 0.1) is 5.41 Å². The smallest absolute Gasteiger partial charge is 0.255 e. The van der Waals surface area contributed by atoms with Crippen molar-refractivity contribution in [3.63, 3.8) is 0 Å². The van der Waals surface area contributed by atoms with Gasteiger partial charge in [-0.15, -0.1) is 0 Å². The molecule has 0 saturated carbocycles. The molecule has 1 aliphatic rings. The van der Waals surface area contributed by atoms with E-state index in [1.54, 1.807) is 12.1 Å². The molecule has 1 fully saturated rings. The predicted octanol–water partition coefficient (Wildman–Crippen LogP) is 4.05. The van der Waals surface area contributed by atoms with Gasteiger partial charge in [-0.3, -0.25) is 4.79 Å². The number of carbonyl (C=O) groups is 1. The Labute approximate surface area is 161 Å². The number of hydrogen-bond acceptors (Lipinski definition) is 4. The summed E-state index contributed by atoms with van der Waals surface area (Å²) in [6.07, 6.45) is 1.14. The van der Waals surface area contributed by atoms with Crippen LogP contribution in [0.2, 0.25) is 0 Å². The zero-order chi connectivity index (χ0) is 19.4. The van der Waals surface area contributed by atoms with Crippen molar-refractivity contribution in [2.45, 2.75) is 33.2 Å². The zero-order valence-corrected chi connectivity index (χ0v) is 16.5. The molecule has 144 valence electrons. The van der Waals surface area contributed by atoms with Gasteiger partial charge >= 0.3 is 0 Å². The minimum absolute atomic E-state index is 0.156. The minimum Gasteiger partial charge on any atom is -0.397 e. The van der Waals surface area contributed by atoms with E-state index in [-0.39, 0.29) is 5.91 Å². The summed E-state index contributed by atoms with van der Waals surface area (Å²) in [6, 6.07) is 15.3. The second-order valence-corrected chi connectivity index (χ2v) is 8.54. The number of benzene rings is 2. The molecule has 1 heterocycles. The summed E-state index contributed by atoms with van der Waals surface area (Å²) in [5, 5.41) is 6.44. The fraction of sp³-hybridized carbons (Fsp3) is 0.409. The third-order valence-corrected chi connectivity index (χ3v) is 4.70. The summed E-state index contributed by atoms with van der Waals surface area (Å²) in [5.74, 6) is -0.156. The van der Waals surface area contributed by atoms with E-state index in [4.69, 9.17) is 5.73 Å². The lowest BCUT2D eigenvalue weighted by molar-refractivity contribution is 0.102. The molecule has 1 amide bonds. The maximum atomic E-state index is 12.4. The highest BCUT2D eigenvalue weighted by Gasteiger charge is 2.25. The largest absolute Gasteiger partial charge is 0.397 e. The van der Waals surface area contributed by atoms with Gasteiger partial charge in [-0.1, -0.05) is 32.9 Å². The van der Waals surface area contributed by atoms with E-state index in [1.165, 1.54) is 0 Å². The number of amides is 1. The van der Waals surface area contributed by atoms with Gasteiger partial charge < -0.3 is 21.3 Å². The molecule has 2 aromatic rings. The minimum atomic E-state index is -0.156. The molecule has 27 heavy (non-hydrogen) atoms. The van der Waals surface area contributed by atoms with Crippen molar-refractivity contribution in [3.05, 3.63) is 54.1 Å². The van der Waals surface area contributed by atoms with Crippen LogP contribution >= 0.6 is 0 Å². The van der Waals surface area contributed by atoms with Crippen LogP contribution in [0.15, 0.2) is 48.5 Å². The lowest BCUT2D eigenvalue weighted by Crippen LogP contribution is -2.32. The number of nitrogens with zero attached hydrogens (tertiary/aromatic N) is 1. The number of hydrogen-bond donors (Lipinski definition) is 3. The summed E-state index contributed by atoms with van der Waals surface area (Å²) in [6.45, 7) is 10.1. The molecule has 1 aliphatic heterocycles. The van der Waals surface area contributed by atoms with Gasteiger partial charge in [0.2, 0.25) is 0 Å². The van der Waals surface area contributed by atoms with Gasteiger partial charge in [0.1, 0.15) is 0 Å². The first-order chi connectivity index (χ1) is 12.8. The summed E-state index contributed by atoms with van der Waals surface area (Å²) in [4.78, 5) is 14.9. The van der Waals surface area contributed by atoms with Gasteiger partial charge in [-0.05, 0) is 48.2 Å². The molecule has 0 aromatic heterocycles. The van der Waals surface area contributed by atoms with Gasteiger partial charge in [0.15, 0.2) is 0 Å². The van der Waals surface area contributed by atoms with Crippen molar-refractivity contribution in [2.24, 2.45) is 5.41 Å². The molecule has 4 N–H and O–H groups in total. The van der Waals surface area contributed by atoms with E-state index in [0.717, 1.165) is 31.7 Å². The fourth-order valence-electron chi connectivity index (χ4n) is 3.52. The second-order valence-electron chi connectivity index (χ2n) is 8.54. The Bertz CT molecular complexity index is 780. The van der Waals surface area contributed by atoms with Crippen LogP contribution in [0.3, 0.4) is 0 Å². The fourth-order valence-corrected chi connectivity index (χ4v) is 3.52. The van der Waals surface area contributed by atoms with Gasteiger partial charge in [0.25, 0.3) is 5.91 Å². The van der Waals surface area contributed by atoms with Crippen molar-refractivity contribution in [1.82, 2.24) is 4.90 Å². The number of para-hydroxylation sites is 2. The lowest BCUT2D eigenvalue weighted by Gasteiger charge is -2.26. The predicted molar refractivity (Wildman–Crippen MR) is 113 cm³/mol. The van der Waals surface area contributed by atoms with Crippen LogP contribution in [-0.2, 0) is 0 Å². The molecular formula is C22H30N4O. The second kappa shape index (κ2) is 8.01. The monoisotopic (exact) mass is 366 g/mol. The highest BCUT2D eigenvalue weighted by atomic mass is 16.1. The summed E-state index contributed by atoms with van der Waals surface area (Å²) >= 11 is 0. The van der Waals surface area contributed by atoms with E-state index in [9.17, 15) is 4.79 Å². The van der Waals surface area contributed by atoms with Crippen molar-refractivity contribution in [1.29, 1.82) is 0 Å². The molecule has 0 aliphatic carbocycles. The first-order valence-corrected chi connectivity index (χ1v) is 9.55. The van der Waals surface area contributed by atoms with Gasteiger partial charge in [-0.25, -0.2) is 0 Å². The molecule has 5 nitrogen and oxygen atoms in total. The van der Waals surface area contributed by atoms with Crippen molar-refractivity contribution >= 4 is 23.0 Å². The maximum absolute atomic E-state index is 12.4. The zero-order valence-electron chi connectivity index (χ0n) is 16.5. The molecule has 3 rings (SSSR count). The molecule has 0 spiro atoms. The Kier molecular flexibility index (Phi) is 5.71. The van der Waals surface area contributed by atoms with E-state index in [1.807, 2.05) is 36.4 Å². The molecular weight excluding hydrogens is 336 g/mol. The summed E-state index contributed by atoms with van der Waals surface area (Å²) < 4.78 is 0.